The molecule has 174 valence electrons. The van der Waals surface area contributed by atoms with E-state index in [1.807, 2.05) is 45.0 Å². The third-order valence-corrected chi connectivity index (χ3v) is 5.98. The highest BCUT2D eigenvalue weighted by atomic mass is 35.5. The number of ether oxygens (including phenoxy) is 1. The van der Waals surface area contributed by atoms with Gasteiger partial charge in [0.25, 0.3) is 5.91 Å². The number of fused-ring (bicyclic) bond motifs is 1. The largest absolute Gasteiger partial charge is 0.476 e. The molecule has 0 bridgehead atoms. The Morgan fingerprint density at radius 1 is 1.00 bits per heavy atom. The van der Waals surface area contributed by atoms with E-state index in [1.165, 1.54) is 0 Å². The van der Waals surface area contributed by atoms with E-state index in [4.69, 9.17) is 20.8 Å². The topological polar surface area (TPSA) is 68.5 Å². The number of hydrogen-bond donors (Lipinski definition) is 1. The van der Waals surface area contributed by atoms with Crippen LogP contribution in [0.15, 0.2) is 69.9 Å². The summed E-state index contributed by atoms with van der Waals surface area (Å²) >= 11 is 6.04. The number of halogens is 1. The van der Waals surface area contributed by atoms with Crippen molar-refractivity contribution in [2.75, 3.05) is 11.9 Å². The highest BCUT2D eigenvalue weighted by Crippen LogP contribution is 2.32. The van der Waals surface area contributed by atoms with Crippen LogP contribution in [0.4, 0.5) is 5.69 Å². The molecular weight excluding hydrogens is 450 g/mol. The first kappa shape index (κ1) is 23.6. The molecule has 4 rings (SSSR count). The maximum atomic E-state index is 13.3. The molecule has 0 spiro atoms. The monoisotopic (exact) mass is 475 g/mol. The predicted octanol–water partition coefficient (Wildman–Crippen LogP) is 6.56. The zero-order chi connectivity index (χ0) is 24.2. The number of anilines is 1. The molecule has 4 aromatic rings. The second kappa shape index (κ2) is 10.1. The average molecular weight is 476 g/mol. The quantitative estimate of drug-likeness (QED) is 0.328. The number of carbonyl (C=O) groups is 1. The molecule has 0 atom stereocenters. The lowest BCUT2D eigenvalue weighted by atomic mass is 10.0. The van der Waals surface area contributed by atoms with Crippen LogP contribution in [0.2, 0.25) is 5.02 Å². The molecule has 6 heteroatoms. The van der Waals surface area contributed by atoms with Crippen LogP contribution in [0.3, 0.4) is 0 Å². The number of aryl methyl sites for hydroxylation is 3. The number of para-hydroxylation sites is 1. The Balaban J connectivity index is 1.69. The Labute approximate surface area is 203 Å². The summed E-state index contributed by atoms with van der Waals surface area (Å²) in [7, 11) is 0. The normalized spacial score (nSPS) is 10.9. The summed E-state index contributed by atoms with van der Waals surface area (Å²) in [5.41, 5.74) is 4.63. The Morgan fingerprint density at radius 2 is 1.68 bits per heavy atom. The summed E-state index contributed by atoms with van der Waals surface area (Å²) in [4.78, 5) is 26.2. The van der Waals surface area contributed by atoms with Gasteiger partial charge in [0.15, 0.2) is 12.4 Å². The van der Waals surface area contributed by atoms with Crippen LogP contribution in [-0.4, -0.2) is 12.5 Å². The van der Waals surface area contributed by atoms with E-state index >= 15 is 0 Å². The number of amides is 1. The summed E-state index contributed by atoms with van der Waals surface area (Å²) in [5.74, 6) is -0.0925. The number of benzene rings is 3. The zero-order valence-corrected chi connectivity index (χ0v) is 20.2. The van der Waals surface area contributed by atoms with Crippen molar-refractivity contribution in [3.8, 4) is 17.1 Å². The molecule has 0 aliphatic heterocycles. The molecule has 1 aromatic heterocycles. The predicted molar refractivity (Wildman–Crippen MR) is 137 cm³/mol. The Hall–Kier alpha value is -3.57. The van der Waals surface area contributed by atoms with E-state index in [-0.39, 0.29) is 29.5 Å². The van der Waals surface area contributed by atoms with E-state index in [2.05, 4.69) is 5.32 Å². The van der Waals surface area contributed by atoms with Gasteiger partial charge in [-0.25, -0.2) is 0 Å². The fraction of sp³-hybridized carbons (Fsp3) is 0.214. The molecule has 0 aliphatic rings. The molecule has 0 fully saturated rings. The fourth-order valence-electron chi connectivity index (χ4n) is 3.92. The standard InChI is InChI=1S/C28H26ClNO4/c1-4-18-7-6-8-19(5-2)25(18)30-24(31)16-33-28-26(32)22-14-9-17(3)15-23(22)34-27(28)20-10-12-21(29)13-11-20/h6-15H,4-5,16H2,1-3H3,(H,30,31). The van der Waals surface area contributed by atoms with Crippen molar-refractivity contribution >= 4 is 34.2 Å². The summed E-state index contributed by atoms with van der Waals surface area (Å²) in [5, 5.41) is 3.92. The summed E-state index contributed by atoms with van der Waals surface area (Å²) in [6, 6.07) is 18.3. The van der Waals surface area contributed by atoms with Gasteiger partial charge in [0.1, 0.15) is 5.58 Å². The molecule has 1 amide bonds. The lowest BCUT2D eigenvalue weighted by Crippen LogP contribution is -2.24. The van der Waals surface area contributed by atoms with Gasteiger partial charge in [-0.3, -0.25) is 9.59 Å². The maximum absolute atomic E-state index is 13.3. The van der Waals surface area contributed by atoms with Crippen molar-refractivity contribution in [1.29, 1.82) is 0 Å². The van der Waals surface area contributed by atoms with Gasteiger partial charge in [-0.2, -0.15) is 0 Å². The molecule has 0 radical (unpaired) electrons. The van der Waals surface area contributed by atoms with Crippen LogP contribution < -0.4 is 15.5 Å². The molecule has 34 heavy (non-hydrogen) atoms. The smallest absolute Gasteiger partial charge is 0.262 e. The minimum Gasteiger partial charge on any atom is -0.476 e. The van der Waals surface area contributed by atoms with Gasteiger partial charge in [-0.15, -0.1) is 0 Å². The molecule has 3 aromatic carbocycles. The zero-order valence-electron chi connectivity index (χ0n) is 19.4. The SMILES string of the molecule is CCc1cccc(CC)c1NC(=O)COc1c(-c2ccc(Cl)cc2)oc2cc(C)ccc2c1=O. The van der Waals surface area contributed by atoms with E-state index in [9.17, 15) is 9.59 Å². The third-order valence-electron chi connectivity index (χ3n) is 5.72. The molecule has 0 saturated carbocycles. The Morgan fingerprint density at radius 3 is 2.32 bits per heavy atom. The van der Waals surface area contributed by atoms with E-state index in [0.29, 0.717) is 21.6 Å². The molecule has 0 unspecified atom stereocenters. The number of nitrogens with one attached hydrogen (secondary N) is 1. The van der Waals surface area contributed by atoms with Crippen molar-refractivity contribution in [3.63, 3.8) is 0 Å². The second-order valence-corrected chi connectivity index (χ2v) is 8.53. The number of hydrogen-bond acceptors (Lipinski definition) is 4. The molecule has 1 N–H and O–H groups in total. The Kier molecular flexibility index (Phi) is 7.03. The van der Waals surface area contributed by atoms with Crippen LogP contribution in [0, 0.1) is 6.92 Å². The van der Waals surface area contributed by atoms with Crippen molar-refractivity contribution in [2.45, 2.75) is 33.6 Å². The van der Waals surface area contributed by atoms with E-state index < -0.39 is 0 Å². The van der Waals surface area contributed by atoms with Gasteiger partial charge >= 0.3 is 0 Å². The summed E-state index contributed by atoms with van der Waals surface area (Å²) in [6.07, 6.45) is 1.58. The molecule has 1 heterocycles. The molecule has 5 nitrogen and oxygen atoms in total. The molecule has 0 saturated heterocycles. The van der Waals surface area contributed by atoms with Gasteiger partial charge in [0.05, 0.1) is 5.39 Å². The highest BCUT2D eigenvalue weighted by molar-refractivity contribution is 6.30. The van der Waals surface area contributed by atoms with Crippen LogP contribution in [-0.2, 0) is 17.6 Å². The van der Waals surface area contributed by atoms with Crippen LogP contribution >= 0.6 is 11.6 Å². The number of carbonyl (C=O) groups excluding carboxylic acids is 1. The average Bonchev–Trinajstić information content (AvgIpc) is 2.83. The van der Waals surface area contributed by atoms with Crippen molar-refractivity contribution < 1.29 is 13.9 Å². The van der Waals surface area contributed by atoms with E-state index in [1.54, 1.807) is 36.4 Å². The molecule has 0 aliphatic carbocycles. The van der Waals surface area contributed by atoms with E-state index in [0.717, 1.165) is 35.2 Å². The first-order chi connectivity index (χ1) is 16.4. The minimum absolute atomic E-state index is 0.00619. The number of rotatable bonds is 7. The van der Waals surface area contributed by atoms with Gasteiger partial charge < -0.3 is 14.5 Å². The summed E-state index contributed by atoms with van der Waals surface area (Å²) < 4.78 is 11.9. The molecular formula is C28H26ClNO4. The van der Waals surface area contributed by atoms with Gasteiger partial charge in [-0.1, -0.05) is 49.7 Å². The third kappa shape index (κ3) is 4.85. The maximum Gasteiger partial charge on any atom is 0.262 e. The lowest BCUT2D eigenvalue weighted by molar-refractivity contribution is -0.118. The first-order valence-electron chi connectivity index (χ1n) is 11.3. The van der Waals surface area contributed by atoms with Crippen molar-refractivity contribution in [1.82, 2.24) is 0 Å². The van der Waals surface area contributed by atoms with Crippen molar-refractivity contribution in [3.05, 3.63) is 92.6 Å². The fourth-order valence-corrected chi connectivity index (χ4v) is 4.05. The first-order valence-corrected chi connectivity index (χ1v) is 11.7. The van der Waals surface area contributed by atoms with Gasteiger partial charge in [0, 0.05) is 16.3 Å². The van der Waals surface area contributed by atoms with Gasteiger partial charge in [-0.05, 0) is 72.9 Å². The van der Waals surface area contributed by atoms with Crippen molar-refractivity contribution in [2.24, 2.45) is 0 Å². The van der Waals surface area contributed by atoms with Gasteiger partial charge in [0.2, 0.25) is 11.2 Å². The van der Waals surface area contributed by atoms with Crippen LogP contribution in [0.1, 0.15) is 30.5 Å². The van der Waals surface area contributed by atoms with Crippen LogP contribution in [0.5, 0.6) is 5.75 Å². The minimum atomic E-state index is -0.346. The lowest BCUT2D eigenvalue weighted by Gasteiger charge is -2.15. The summed E-state index contributed by atoms with van der Waals surface area (Å²) in [6.45, 7) is 5.68. The second-order valence-electron chi connectivity index (χ2n) is 8.09. The highest BCUT2D eigenvalue weighted by Gasteiger charge is 2.20. The van der Waals surface area contributed by atoms with Crippen LogP contribution in [0.25, 0.3) is 22.3 Å². The Bertz CT molecular complexity index is 1380.